The minimum Gasteiger partial charge on any atom is -0.465 e. The quantitative estimate of drug-likeness (QED) is 0.0732. The molecule has 11 nitrogen and oxygen atoms in total. The number of sulfonamides is 1. The number of nitro benzene ring substituents is 1. The van der Waals surface area contributed by atoms with E-state index in [1.165, 1.54) is 84.0 Å². The number of nitro groups is 1. The molecule has 0 spiro atoms. The van der Waals surface area contributed by atoms with Crippen LogP contribution in [-0.4, -0.2) is 70.9 Å². The lowest BCUT2D eigenvalue weighted by atomic mass is 9.47. The van der Waals surface area contributed by atoms with Crippen LogP contribution >= 0.6 is 0 Å². The molecule has 8 atom stereocenters. The zero-order valence-corrected chi connectivity index (χ0v) is 36.2. The fourth-order valence-electron chi connectivity index (χ4n) is 11.8. The Morgan fingerprint density at radius 3 is 2.38 bits per heavy atom. The number of amides is 2. The zero-order valence-electron chi connectivity index (χ0n) is 35.4. The number of carbonyl (C=O) groups is 2. The highest BCUT2D eigenvalue weighted by atomic mass is 32.2. The number of carbonyl (C=O) groups excluding carboxylic acids is 1. The normalized spacial score (nSPS) is 29.5. The lowest BCUT2D eigenvalue weighted by Crippen LogP contribution is -2.53. The maximum atomic E-state index is 14.5. The van der Waals surface area contributed by atoms with E-state index in [2.05, 4.69) is 46.0 Å². The van der Waals surface area contributed by atoms with Crippen molar-refractivity contribution in [3.8, 4) is 0 Å². The maximum Gasteiger partial charge on any atom is 0.407 e. The van der Waals surface area contributed by atoms with Crippen LogP contribution in [0.4, 0.5) is 10.5 Å². The molecule has 5 rings (SSSR count). The molecule has 56 heavy (non-hydrogen) atoms. The highest BCUT2D eigenvalue weighted by Crippen LogP contribution is 2.67. The van der Waals surface area contributed by atoms with Gasteiger partial charge in [-0.25, -0.2) is 13.2 Å². The molecule has 1 aromatic carbocycles. The van der Waals surface area contributed by atoms with E-state index in [1.54, 1.807) is 20.8 Å². The molecule has 0 bridgehead atoms. The van der Waals surface area contributed by atoms with Gasteiger partial charge in [-0.15, -0.1) is 0 Å². The summed E-state index contributed by atoms with van der Waals surface area (Å²) in [4.78, 5) is 36.8. The standard InChI is InChI=1S/C44H70N4O7S/c1-30(2)13-11-14-31(3)35-19-20-36-34-18-17-32-29-33(21-24-43(32,7)37(34)22-25-44(35,36)8)47(56(54,55)39-16-10-9-15-38(39)48(52)53)27-12-26-45-40(49)23-28-46(41(50)51)42(4,5)6/h9-10,15-17,30-31,33-37H,11-14,18-29H2,1-8H3,(H,45,49)(H,50,51)/t31-,33+,34?,35-,36?,37?,43+,44-/m1/s1. The van der Waals surface area contributed by atoms with E-state index in [0.717, 1.165) is 36.5 Å². The fourth-order valence-corrected chi connectivity index (χ4v) is 13.7. The molecule has 2 amide bonds. The lowest BCUT2D eigenvalue weighted by molar-refractivity contribution is -0.387. The van der Waals surface area contributed by atoms with E-state index in [9.17, 15) is 33.2 Å². The number of benzene rings is 1. The molecule has 3 unspecified atom stereocenters. The van der Waals surface area contributed by atoms with Gasteiger partial charge in [0.05, 0.1) is 4.92 Å². The molecule has 0 heterocycles. The van der Waals surface area contributed by atoms with Crippen LogP contribution in [0.1, 0.15) is 139 Å². The van der Waals surface area contributed by atoms with Crippen LogP contribution in [0.5, 0.6) is 0 Å². The number of nitrogens with zero attached hydrogens (tertiary/aromatic N) is 3. The van der Waals surface area contributed by atoms with E-state index in [0.29, 0.717) is 36.5 Å². The van der Waals surface area contributed by atoms with Crippen LogP contribution in [0, 0.1) is 56.5 Å². The summed E-state index contributed by atoms with van der Waals surface area (Å²) in [5.74, 6) is 3.90. The van der Waals surface area contributed by atoms with Crippen molar-refractivity contribution < 1.29 is 28.0 Å². The van der Waals surface area contributed by atoms with Crippen molar-refractivity contribution in [3.63, 3.8) is 0 Å². The number of fused-ring (bicyclic) bond motifs is 5. The van der Waals surface area contributed by atoms with Gasteiger partial charge >= 0.3 is 6.09 Å². The average molecular weight is 799 g/mol. The number of carboxylic acid groups (broad SMARTS) is 1. The summed E-state index contributed by atoms with van der Waals surface area (Å²) >= 11 is 0. The second-order valence-electron chi connectivity index (χ2n) is 19.6. The average Bonchev–Trinajstić information content (AvgIpc) is 3.47. The summed E-state index contributed by atoms with van der Waals surface area (Å²) in [6.45, 7) is 17.8. The molecule has 2 N–H and O–H groups in total. The topological polar surface area (TPSA) is 150 Å². The molecule has 0 aromatic heterocycles. The number of hydrogen-bond donors (Lipinski definition) is 2. The van der Waals surface area contributed by atoms with E-state index in [-0.39, 0.29) is 48.3 Å². The molecule has 12 heteroatoms. The third-order valence-electron chi connectivity index (χ3n) is 14.8. The van der Waals surface area contributed by atoms with Crippen LogP contribution in [0.3, 0.4) is 0 Å². The molecule has 1 aromatic rings. The van der Waals surface area contributed by atoms with Crippen molar-refractivity contribution in [2.45, 2.75) is 155 Å². The third-order valence-corrected chi connectivity index (χ3v) is 16.8. The molecule has 3 fully saturated rings. The summed E-state index contributed by atoms with van der Waals surface area (Å²) in [6.07, 6.45) is 13.9. The van der Waals surface area contributed by atoms with Gasteiger partial charge in [0.25, 0.3) is 5.69 Å². The maximum absolute atomic E-state index is 14.5. The third kappa shape index (κ3) is 9.16. The fraction of sp³-hybridized carbons (Fsp3) is 0.773. The Balaban J connectivity index is 1.31. The minimum atomic E-state index is -4.27. The van der Waals surface area contributed by atoms with Crippen molar-refractivity contribution >= 4 is 27.7 Å². The predicted molar refractivity (Wildman–Crippen MR) is 221 cm³/mol. The first-order chi connectivity index (χ1) is 26.2. The molecule has 314 valence electrons. The first-order valence-electron chi connectivity index (χ1n) is 21.4. The highest BCUT2D eigenvalue weighted by Gasteiger charge is 2.59. The van der Waals surface area contributed by atoms with E-state index in [4.69, 9.17) is 0 Å². The van der Waals surface area contributed by atoms with E-state index >= 15 is 0 Å². The number of hydrogen-bond acceptors (Lipinski definition) is 6. The number of para-hydroxylation sites is 1. The summed E-state index contributed by atoms with van der Waals surface area (Å²) in [6, 6.07) is 5.20. The van der Waals surface area contributed by atoms with Gasteiger partial charge < -0.3 is 15.3 Å². The Hall–Kier alpha value is -2.99. The molecule has 0 radical (unpaired) electrons. The van der Waals surface area contributed by atoms with Crippen LogP contribution in [-0.2, 0) is 14.8 Å². The number of nitrogens with one attached hydrogen (secondary N) is 1. The number of rotatable bonds is 16. The second kappa shape index (κ2) is 17.5. The minimum absolute atomic E-state index is 0.000748. The largest absolute Gasteiger partial charge is 0.465 e. The van der Waals surface area contributed by atoms with Gasteiger partial charge in [0.15, 0.2) is 4.90 Å². The van der Waals surface area contributed by atoms with Gasteiger partial charge in [0.2, 0.25) is 15.9 Å². The van der Waals surface area contributed by atoms with Gasteiger partial charge in [0, 0.05) is 43.7 Å². The molecule has 0 aliphatic heterocycles. The first-order valence-corrected chi connectivity index (χ1v) is 22.9. The second-order valence-corrected chi connectivity index (χ2v) is 21.4. The van der Waals surface area contributed by atoms with Crippen molar-refractivity contribution in [1.29, 1.82) is 0 Å². The smallest absolute Gasteiger partial charge is 0.407 e. The summed E-state index contributed by atoms with van der Waals surface area (Å²) in [5, 5.41) is 24.5. The summed E-state index contributed by atoms with van der Waals surface area (Å²) in [5.41, 5.74) is 0.620. The Morgan fingerprint density at radius 1 is 1.00 bits per heavy atom. The van der Waals surface area contributed by atoms with Crippen LogP contribution in [0.25, 0.3) is 0 Å². The molecule has 3 saturated carbocycles. The van der Waals surface area contributed by atoms with Crippen molar-refractivity contribution in [2.75, 3.05) is 19.6 Å². The molecular weight excluding hydrogens is 729 g/mol. The molecule has 4 aliphatic carbocycles. The monoisotopic (exact) mass is 798 g/mol. The van der Waals surface area contributed by atoms with Crippen LogP contribution in [0.15, 0.2) is 40.8 Å². The van der Waals surface area contributed by atoms with Crippen molar-refractivity contribution in [3.05, 3.63) is 46.0 Å². The highest BCUT2D eigenvalue weighted by molar-refractivity contribution is 7.89. The van der Waals surface area contributed by atoms with E-state index < -0.39 is 32.3 Å². The van der Waals surface area contributed by atoms with Gasteiger partial charge in [-0.2, -0.15) is 4.31 Å². The van der Waals surface area contributed by atoms with Gasteiger partial charge in [-0.05, 0) is 131 Å². The molecular formula is C44H70N4O7S. The molecule has 0 saturated heterocycles. The van der Waals surface area contributed by atoms with E-state index in [1.807, 2.05) is 0 Å². The van der Waals surface area contributed by atoms with Crippen LogP contribution < -0.4 is 5.32 Å². The number of allylic oxidation sites excluding steroid dienone is 1. The predicted octanol–water partition coefficient (Wildman–Crippen LogP) is 9.67. The zero-order chi connectivity index (χ0) is 41.2. The lowest BCUT2D eigenvalue weighted by Gasteiger charge is -2.59. The summed E-state index contributed by atoms with van der Waals surface area (Å²) < 4.78 is 30.4. The Kier molecular flexibility index (Phi) is 13.8. The Bertz CT molecular complexity index is 1720. The Labute approximate surface area is 336 Å². The van der Waals surface area contributed by atoms with Crippen molar-refractivity contribution in [1.82, 2.24) is 14.5 Å². The van der Waals surface area contributed by atoms with Crippen molar-refractivity contribution in [2.24, 2.45) is 46.3 Å². The summed E-state index contributed by atoms with van der Waals surface area (Å²) in [7, 11) is -4.27. The van der Waals surface area contributed by atoms with Gasteiger partial charge in [0.1, 0.15) is 0 Å². The SMILES string of the molecule is CC(C)CCC[C@@H](C)[C@H]1CCC2C3CC=C4C[C@@H](N(CCCNC(=O)CCN(C(=O)O)C(C)(C)C)S(=O)(=O)c5ccccc5[N+](=O)[O-])CC[C@]4(C)C3CC[C@@]21C. The van der Waals surface area contributed by atoms with Gasteiger partial charge in [-0.1, -0.05) is 77.7 Å². The Morgan fingerprint density at radius 2 is 1.71 bits per heavy atom. The molecule has 4 aliphatic rings. The first kappa shape index (κ1) is 44.1. The van der Waals surface area contributed by atoms with Crippen LogP contribution in [0.2, 0.25) is 0 Å². The van der Waals surface area contributed by atoms with Gasteiger partial charge in [-0.3, -0.25) is 14.9 Å².